The molecule has 0 aromatic heterocycles. The van der Waals surface area contributed by atoms with Crippen LogP contribution in [0.1, 0.15) is 52.2 Å². The normalized spacial score (nSPS) is 37.3. The van der Waals surface area contributed by atoms with Gasteiger partial charge >= 0.3 is 0 Å². The Labute approximate surface area is 121 Å². The SMILES string of the molecule is CCC1(C)c2ccccc2C(C)(C)C(O)C1(O)C(C)O. The van der Waals surface area contributed by atoms with E-state index in [-0.39, 0.29) is 0 Å². The number of aliphatic hydroxyl groups excluding tert-OH is 2. The molecule has 20 heavy (non-hydrogen) atoms. The topological polar surface area (TPSA) is 60.7 Å². The van der Waals surface area contributed by atoms with Crippen LogP contribution in [0.4, 0.5) is 0 Å². The molecule has 1 aliphatic rings. The van der Waals surface area contributed by atoms with Gasteiger partial charge in [-0.1, -0.05) is 52.0 Å². The predicted molar refractivity (Wildman–Crippen MR) is 79.7 cm³/mol. The molecule has 0 heterocycles. The molecule has 2 rings (SSSR count). The van der Waals surface area contributed by atoms with Crippen LogP contribution in [0.15, 0.2) is 24.3 Å². The first kappa shape index (κ1) is 15.5. The quantitative estimate of drug-likeness (QED) is 0.776. The first-order valence-electron chi connectivity index (χ1n) is 7.32. The number of aliphatic hydroxyl groups is 3. The summed E-state index contributed by atoms with van der Waals surface area (Å²) in [4.78, 5) is 0. The van der Waals surface area contributed by atoms with Crippen LogP contribution < -0.4 is 0 Å². The van der Waals surface area contributed by atoms with Crippen LogP contribution in [0.2, 0.25) is 0 Å². The Balaban J connectivity index is 2.83. The van der Waals surface area contributed by atoms with Gasteiger partial charge in [0.2, 0.25) is 0 Å². The maximum atomic E-state index is 11.2. The fraction of sp³-hybridized carbons (Fsp3) is 0.647. The molecule has 1 aliphatic carbocycles. The van der Waals surface area contributed by atoms with Crippen molar-refractivity contribution >= 4 is 0 Å². The van der Waals surface area contributed by atoms with Gasteiger partial charge in [0, 0.05) is 10.8 Å². The van der Waals surface area contributed by atoms with Gasteiger partial charge in [0.25, 0.3) is 0 Å². The zero-order valence-electron chi connectivity index (χ0n) is 13.0. The highest BCUT2D eigenvalue weighted by molar-refractivity contribution is 5.47. The molecule has 0 fully saturated rings. The van der Waals surface area contributed by atoms with Crippen molar-refractivity contribution in [1.82, 2.24) is 0 Å². The van der Waals surface area contributed by atoms with E-state index in [1.54, 1.807) is 6.92 Å². The van der Waals surface area contributed by atoms with Gasteiger partial charge in [-0.15, -0.1) is 0 Å². The number of benzene rings is 1. The number of rotatable bonds is 2. The molecule has 0 radical (unpaired) electrons. The molecular formula is C17H26O3. The van der Waals surface area contributed by atoms with Gasteiger partial charge in [-0.05, 0) is 24.5 Å². The molecule has 4 unspecified atom stereocenters. The number of hydrogen-bond acceptors (Lipinski definition) is 3. The first-order valence-corrected chi connectivity index (χ1v) is 7.32. The lowest BCUT2D eigenvalue weighted by Crippen LogP contribution is -2.71. The van der Waals surface area contributed by atoms with Crippen molar-refractivity contribution in [2.45, 2.75) is 69.7 Å². The zero-order chi connectivity index (χ0) is 15.3. The zero-order valence-corrected chi connectivity index (χ0v) is 13.0. The average Bonchev–Trinajstić information content (AvgIpc) is 2.43. The fourth-order valence-electron chi connectivity index (χ4n) is 3.90. The molecule has 1 aromatic carbocycles. The molecule has 0 saturated carbocycles. The Hall–Kier alpha value is -0.900. The van der Waals surface area contributed by atoms with Crippen LogP contribution in [0.5, 0.6) is 0 Å². The van der Waals surface area contributed by atoms with Crippen LogP contribution in [-0.4, -0.2) is 33.1 Å². The predicted octanol–water partition coefficient (Wildman–Crippen LogP) is 2.12. The summed E-state index contributed by atoms with van der Waals surface area (Å²) in [6.45, 7) is 9.30. The van der Waals surface area contributed by atoms with Crippen molar-refractivity contribution < 1.29 is 15.3 Å². The first-order chi connectivity index (χ1) is 9.14. The second kappa shape index (κ2) is 4.55. The fourth-order valence-corrected chi connectivity index (χ4v) is 3.90. The summed E-state index contributed by atoms with van der Waals surface area (Å²) in [6, 6.07) is 7.91. The molecule has 3 heteroatoms. The van der Waals surface area contributed by atoms with Gasteiger partial charge in [0.15, 0.2) is 0 Å². The molecule has 1 aromatic rings. The van der Waals surface area contributed by atoms with E-state index in [1.165, 1.54) is 0 Å². The van der Waals surface area contributed by atoms with Gasteiger partial charge in [0.05, 0.1) is 12.2 Å². The minimum Gasteiger partial charge on any atom is -0.390 e. The van der Waals surface area contributed by atoms with Gasteiger partial charge in [-0.25, -0.2) is 0 Å². The number of fused-ring (bicyclic) bond motifs is 1. The van der Waals surface area contributed by atoms with Crippen molar-refractivity contribution in [3.05, 3.63) is 35.4 Å². The standard InChI is InChI=1S/C17H26O3/c1-6-16(5)13-10-8-7-9-12(13)15(3,4)14(19)17(16,20)11(2)18/h7-11,14,18-20H,6H2,1-5H3. The van der Waals surface area contributed by atoms with Crippen LogP contribution in [0.3, 0.4) is 0 Å². The van der Waals surface area contributed by atoms with E-state index < -0.39 is 28.6 Å². The third-order valence-corrected chi connectivity index (χ3v) is 5.54. The van der Waals surface area contributed by atoms with Crippen molar-refractivity contribution in [3.8, 4) is 0 Å². The third kappa shape index (κ3) is 1.63. The minimum atomic E-state index is -1.57. The molecule has 0 bridgehead atoms. The summed E-state index contributed by atoms with van der Waals surface area (Å²) in [6.07, 6.45) is -1.41. The maximum absolute atomic E-state index is 11.2. The summed E-state index contributed by atoms with van der Waals surface area (Å²) in [5, 5.41) is 32.3. The average molecular weight is 278 g/mol. The van der Waals surface area contributed by atoms with E-state index in [0.717, 1.165) is 11.1 Å². The molecule has 3 N–H and O–H groups in total. The second-order valence-electron chi connectivity index (χ2n) is 6.86. The minimum absolute atomic E-state index is 0.614. The summed E-state index contributed by atoms with van der Waals surface area (Å²) in [5.41, 5.74) is -0.813. The highest BCUT2D eigenvalue weighted by Crippen LogP contribution is 2.54. The van der Waals surface area contributed by atoms with Crippen LogP contribution in [0.25, 0.3) is 0 Å². The molecule has 0 amide bonds. The lowest BCUT2D eigenvalue weighted by Gasteiger charge is -2.58. The molecule has 0 aliphatic heterocycles. The Morgan fingerprint density at radius 1 is 1.15 bits per heavy atom. The monoisotopic (exact) mass is 278 g/mol. The second-order valence-corrected chi connectivity index (χ2v) is 6.86. The number of hydrogen-bond donors (Lipinski definition) is 3. The smallest absolute Gasteiger partial charge is 0.126 e. The lowest BCUT2D eigenvalue weighted by molar-refractivity contribution is -0.207. The van der Waals surface area contributed by atoms with Crippen molar-refractivity contribution in [1.29, 1.82) is 0 Å². The molecule has 0 spiro atoms. The Morgan fingerprint density at radius 3 is 2.10 bits per heavy atom. The van der Waals surface area contributed by atoms with Gasteiger partial charge < -0.3 is 15.3 Å². The molecular weight excluding hydrogens is 252 g/mol. The summed E-state index contributed by atoms with van der Waals surface area (Å²) in [7, 11) is 0. The van der Waals surface area contributed by atoms with E-state index in [1.807, 2.05) is 52.0 Å². The van der Waals surface area contributed by atoms with Gasteiger partial charge in [0.1, 0.15) is 5.60 Å². The van der Waals surface area contributed by atoms with Gasteiger partial charge in [-0.3, -0.25) is 0 Å². The van der Waals surface area contributed by atoms with E-state index in [2.05, 4.69) is 0 Å². The highest BCUT2D eigenvalue weighted by atomic mass is 16.4. The van der Waals surface area contributed by atoms with Crippen LogP contribution >= 0.6 is 0 Å². The Bertz CT molecular complexity index is 509. The summed E-state index contributed by atoms with van der Waals surface area (Å²) < 4.78 is 0. The van der Waals surface area contributed by atoms with Gasteiger partial charge in [-0.2, -0.15) is 0 Å². The van der Waals surface area contributed by atoms with Crippen LogP contribution in [-0.2, 0) is 10.8 Å². The van der Waals surface area contributed by atoms with Crippen molar-refractivity contribution in [3.63, 3.8) is 0 Å². The largest absolute Gasteiger partial charge is 0.390 e. The van der Waals surface area contributed by atoms with E-state index >= 15 is 0 Å². The van der Waals surface area contributed by atoms with E-state index in [4.69, 9.17) is 0 Å². The summed E-state index contributed by atoms with van der Waals surface area (Å²) in [5.74, 6) is 0. The molecule has 3 nitrogen and oxygen atoms in total. The third-order valence-electron chi connectivity index (χ3n) is 5.54. The van der Waals surface area contributed by atoms with Crippen molar-refractivity contribution in [2.75, 3.05) is 0 Å². The molecule has 112 valence electrons. The van der Waals surface area contributed by atoms with E-state index in [0.29, 0.717) is 6.42 Å². The molecule has 0 saturated heterocycles. The Kier molecular flexibility index (Phi) is 3.52. The maximum Gasteiger partial charge on any atom is 0.126 e. The summed E-state index contributed by atoms with van der Waals surface area (Å²) >= 11 is 0. The Morgan fingerprint density at radius 2 is 1.65 bits per heavy atom. The van der Waals surface area contributed by atoms with E-state index in [9.17, 15) is 15.3 Å². The van der Waals surface area contributed by atoms with Crippen LogP contribution in [0, 0.1) is 0 Å². The lowest BCUT2D eigenvalue weighted by atomic mass is 9.51. The molecule has 4 atom stereocenters. The van der Waals surface area contributed by atoms with Crippen molar-refractivity contribution in [2.24, 2.45) is 0 Å². The highest BCUT2D eigenvalue weighted by Gasteiger charge is 2.63.